The third-order valence-electron chi connectivity index (χ3n) is 7.97. The number of alkyl halides is 3. The zero-order valence-electron chi connectivity index (χ0n) is 23.7. The van der Waals surface area contributed by atoms with Crippen LogP contribution in [0, 0.1) is 12.8 Å². The molecule has 2 amide bonds. The van der Waals surface area contributed by atoms with Gasteiger partial charge in [0.15, 0.2) is 0 Å². The van der Waals surface area contributed by atoms with E-state index in [4.69, 9.17) is 0 Å². The van der Waals surface area contributed by atoms with Gasteiger partial charge in [0.05, 0.1) is 4.88 Å². The molecule has 13 heteroatoms. The summed E-state index contributed by atoms with van der Waals surface area (Å²) < 4.78 is 39.2. The number of benzene rings is 2. The van der Waals surface area contributed by atoms with Gasteiger partial charge in [-0.15, -0.1) is 11.3 Å². The maximum absolute atomic E-state index is 13.1. The Balaban J connectivity index is 1.08. The van der Waals surface area contributed by atoms with E-state index in [1.807, 2.05) is 25.1 Å². The predicted octanol–water partition coefficient (Wildman–Crippen LogP) is 5.61. The Kier molecular flexibility index (Phi) is 7.84. The molecule has 6 rings (SSSR count). The van der Waals surface area contributed by atoms with Crippen LogP contribution in [0.1, 0.15) is 63.4 Å². The Morgan fingerprint density at radius 1 is 1.14 bits per heavy atom. The second-order valence-electron chi connectivity index (χ2n) is 11.2. The molecule has 0 saturated heterocycles. The van der Waals surface area contributed by atoms with E-state index >= 15 is 0 Å². The smallest absolute Gasteiger partial charge is 0.383 e. The van der Waals surface area contributed by atoms with Crippen LogP contribution in [0.15, 0.2) is 54.9 Å². The molecule has 228 valence electrons. The molecule has 0 bridgehead atoms. The van der Waals surface area contributed by atoms with Crippen molar-refractivity contribution in [2.75, 3.05) is 5.32 Å². The van der Waals surface area contributed by atoms with E-state index in [1.165, 1.54) is 11.3 Å². The summed E-state index contributed by atoms with van der Waals surface area (Å²) in [5.74, 6) is -0.540. The molecule has 4 aromatic rings. The number of halogens is 3. The number of carbonyl (C=O) groups excluding carboxylic acids is 2. The molecule has 0 radical (unpaired) electrons. The third kappa shape index (κ3) is 6.29. The van der Waals surface area contributed by atoms with Crippen molar-refractivity contribution in [1.82, 2.24) is 25.6 Å². The zero-order chi connectivity index (χ0) is 31.1. The fourth-order valence-electron chi connectivity index (χ4n) is 5.63. The van der Waals surface area contributed by atoms with Gasteiger partial charge in [-0.1, -0.05) is 18.2 Å². The number of anilines is 2. The number of hydrogen-bond donors (Lipinski definition) is 4. The van der Waals surface area contributed by atoms with Gasteiger partial charge < -0.3 is 21.1 Å². The minimum absolute atomic E-state index is 0.0638. The summed E-state index contributed by atoms with van der Waals surface area (Å²) in [5.41, 5.74) is 2.49. The number of nitrogens with zero attached hydrogens (tertiary/aromatic N) is 3. The lowest BCUT2D eigenvalue weighted by Gasteiger charge is -2.33. The summed E-state index contributed by atoms with van der Waals surface area (Å²) in [6, 6.07) is 11.8. The number of hydrogen-bond acceptors (Lipinski definition) is 8. The second-order valence-corrected chi connectivity index (χ2v) is 12.2. The SMILES string of the molecule is Cc1cc(Nc2nccc(C(F)(F)F)n2)cc(-c2cnc(C3(O)CCC(C(=O)NCc4ccc5c(c4)CNC5=O)CC3)s2)c1. The lowest BCUT2D eigenvalue weighted by atomic mass is 9.78. The highest BCUT2D eigenvalue weighted by Crippen LogP contribution is 2.43. The van der Waals surface area contributed by atoms with Crippen molar-refractivity contribution in [2.24, 2.45) is 5.92 Å². The van der Waals surface area contributed by atoms with Crippen molar-refractivity contribution < 1.29 is 27.9 Å². The second kappa shape index (κ2) is 11.6. The molecule has 44 heavy (non-hydrogen) atoms. The van der Waals surface area contributed by atoms with Gasteiger partial charge in [0.25, 0.3) is 5.91 Å². The summed E-state index contributed by atoms with van der Waals surface area (Å²) in [6.45, 7) is 2.72. The highest BCUT2D eigenvalue weighted by molar-refractivity contribution is 7.15. The minimum Gasteiger partial charge on any atom is -0.383 e. The van der Waals surface area contributed by atoms with Gasteiger partial charge in [0, 0.05) is 42.7 Å². The molecule has 2 aliphatic rings. The first-order valence-electron chi connectivity index (χ1n) is 14.1. The van der Waals surface area contributed by atoms with Crippen LogP contribution in [-0.2, 0) is 29.7 Å². The number of carbonyl (C=O) groups is 2. The normalized spacial score (nSPS) is 19.8. The molecule has 0 unspecified atom stereocenters. The van der Waals surface area contributed by atoms with Crippen molar-refractivity contribution in [3.63, 3.8) is 0 Å². The van der Waals surface area contributed by atoms with Crippen LogP contribution in [0.25, 0.3) is 10.4 Å². The number of amides is 2. The fraction of sp³-hybridized carbons (Fsp3) is 0.323. The summed E-state index contributed by atoms with van der Waals surface area (Å²) in [6.07, 6.45) is -0.0559. The highest BCUT2D eigenvalue weighted by Gasteiger charge is 2.39. The Hall–Kier alpha value is -4.36. The van der Waals surface area contributed by atoms with Crippen molar-refractivity contribution in [1.29, 1.82) is 0 Å². The molecule has 1 saturated carbocycles. The van der Waals surface area contributed by atoms with E-state index in [1.54, 1.807) is 24.4 Å². The van der Waals surface area contributed by atoms with Gasteiger partial charge in [0.1, 0.15) is 16.3 Å². The van der Waals surface area contributed by atoms with Crippen LogP contribution < -0.4 is 16.0 Å². The summed E-state index contributed by atoms with van der Waals surface area (Å²) in [4.78, 5) is 37.5. The first-order valence-corrected chi connectivity index (χ1v) is 14.9. The molecule has 2 aromatic heterocycles. The number of aromatic nitrogens is 3. The fourth-order valence-corrected chi connectivity index (χ4v) is 6.68. The maximum atomic E-state index is 13.1. The van der Waals surface area contributed by atoms with Gasteiger partial charge in [-0.3, -0.25) is 9.59 Å². The third-order valence-corrected chi connectivity index (χ3v) is 9.21. The first-order chi connectivity index (χ1) is 21.0. The molecular formula is C31H29F3N6O3S. The van der Waals surface area contributed by atoms with Crippen molar-refractivity contribution >= 4 is 34.8 Å². The molecule has 0 atom stereocenters. The van der Waals surface area contributed by atoms with E-state index < -0.39 is 17.5 Å². The molecule has 4 N–H and O–H groups in total. The molecule has 1 aliphatic heterocycles. The number of fused-ring (bicyclic) bond motifs is 1. The topological polar surface area (TPSA) is 129 Å². The summed E-state index contributed by atoms with van der Waals surface area (Å²) in [7, 11) is 0. The quantitative estimate of drug-likeness (QED) is 0.211. The summed E-state index contributed by atoms with van der Waals surface area (Å²) >= 11 is 1.35. The van der Waals surface area contributed by atoms with E-state index in [9.17, 15) is 27.9 Å². The summed E-state index contributed by atoms with van der Waals surface area (Å²) in [5, 5.41) is 20.7. The first kappa shape index (κ1) is 29.7. The molecule has 0 spiro atoms. The van der Waals surface area contributed by atoms with Gasteiger partial charge in [-0.05, 0) is 79.1 Å². The molecule has 1 aliphatic carbocycles. The van der Waals surface area contributed by atoms with E-state index in [0.29, 0.717) is 55.0 Å². The Morgan fingerprint density at radius 2 is 1.93 bits per heavy atom. The lowest BCUT2D eigenvalue weighted by Crippen LogP contribution is -2.38. The van der Waals surface area contributed by atoms with Crippen LogP contribution in [0.2, 0.25) is 0 Å². The van der Waals surface area contributed by atoms with Gasteiger partial charge >= 0.3 is 6.18 Å². The van der Waals surface area contributed by atoms with E-state index in [-0.39, 0.29) is 23.7 Å². The molecular weight excluding hydrogens is 593 g/mol. The Morgan fingerprint density at radius 3 is 2.70 bits per heavy atom. The number of nitrogens with one attached hydrogen (secondary N) is 3. The largest absolute Gasteiger partial charge is 0.433 e. The van der Waals surface area contributed by atoms with E-state index in [2.05, 4.69) is 30.9 Å². The molecule has 3 heterocycles. The van der Waals surface area contributed by atoms with Crippen LogP contribution in [0.4, 0.5) is 24.8 Å². The minimum atomic E-state index is -4.58. The monoisotopic (exact) mass is 622 g/mol. The van der Waals surface area contributed by atoms with Crippen molar-refractivity contribution in [3.05, 3.63) is 87.8 Å². The van der Waals surface area contributed by atoms with Crippen LogP contribution in [-0.4, -0.2) is 31.9 Å². The van der Waals surface area contributed by atoms with Gasteiger partial charge in [-0.25, -0.2) is 15.0 Å². The van der Waals surface area contributed by atoms with Crippen LogP contribution >= 0.6 is 11.3 Å². The highest BCUT2D eigenvalue weighted by atomic mass is 32.1. The number of rotatable bonds is 7. The van der Waals surface area contributed by atoms with Gasteiger partial charge in [0.2, 0.25) is 11.9 Å². The Bertz CT molecular complexity index is 1730. The molecule has 1 fully saturated rings. The molecule has 2 aromatic carbocycles. The zero-order valence-corrected chi connectivity index (χ0v) is 24.5. The van der Waals surface area contributed by atoms with E-state index in [0.717, 1.165) is 39.4 Å². The van der Waals surface area contributed by atoms with Crippen LogP contribution in [0.3, 0.4) is 0 Å². The number of aryl methyl sites for hydroxylation is 1. The number of aliphatic hydroxyl groups is 1. The van der Waals surface area contributed by atoms with Crippen molar-refractivity contribution in [2.45, 2.75) is 57.5 Å². The van der Waals surface area contributed by atoms with Crippen molar-refractivity contribution in [3.8, 4) is 10.4 Å². The number of thiazole rings is 1. The lowest BCUT2D eigenvalue weighted by molar-refractivity contribution is -0.141. The average Bonchev–Trinajstić information content (AvgIpc) is 3.64. The molecule has 9 nitrogen and oxygen atoms in total. The van der Waals surface area contributed by atoms with Crippen LogP contribution in [0.5, 0.6) is 0 Å². The maximum Gasteiger partial charge on any atom is 0.433 e. The average molecular weight is 623 g/mol. The van der Waals surface area contributed by atoms with Gasteiger partial charge in [-0.2, -0.15) is 13.2 Å². The standard InChI is InChI=1S/C31H29F3N6O3S/c1-17-10-20(13-22(11-17)39-29-35-9-6-25(40-29)31(32,33)34)24-16-38-28(44-24)30(43)7-4-19(5-8-30)26(41)36-14-18-2-3-23-21(12-18)15-37-27(23)42/h2-3,6,9-13,16,19,43H,4-5,7-8,14-15H2,1H3,(H,36,41)(H,37,42)(H,35,39,40). The Labute approximate surface area is 255 Å². The predicted molar refractivity (Wildman–Crippen MR) is 158 cm³/mol.